The van der Waals surface area contributed by atoms with Crippen LogP contribution in [-0.2, 0) is 107 Å². The molecular weight excluding hydrogens is 1760 g/mol. The molecule has 22 N–H and O–H groups in total. The first kappa shape index (κ1) is 102. The molecule has 4 aliphatic rings. The maximum atomic E-state index is 15.7. The third-order valence-electron chi connectivity index (χ3n) is 24.1. The number of H-pyrrole nitrogens is 2. The molecule has 0 bridgehead atoms. The minimum absolute atomic E-state index is 0.000485. The van der Waals surface area contributed by atoms with E-state index in [4.69, 9.17) is 22.6 Å². The van der Waals surface area contributed by atoms with Crippen molar-refractivity contribution in [2.24, 2.45) is 23.1 Å². The molecule has 133 heavy (non-hydrogen) atoms. The number of aromatic amines is 2. The maximum absolute atomic E-state index is 15.7. The summed E-state index contributed by atoms with van der Waals surface area (Å²) in [6.07, 6.45) is 4.28. The Hall–Kier alpha value is -13.3. The van der Waals surface area contributed by atoms with Gasteiger partial charge < -0.3 is 120 Å². The van der Waals surface area contributed by atoms with Gasteiger partial charge in [0.15, 0.2) is 5.96 Å². The fourth-order valence-electron chi connectivity index (χ4n) is 16.9. The molecule has 7 heterocycles. The van der Waals surface area contributed by atoms with Gasteiger partial charge in [-0.25, -0.2) is 4.98 Å². The lowest BCUT2D eigenvalue weighted by Crippen LogP contribution is -2.61. The summed E-state index contributed by atoms with van der Waals surface area (Å²) in [5.41, 5.74) is 19.3. The van der Waals surface area contributed by atoms with Gasteiger partial charge >= 0.3 is 0 Å². The van der Waals surface area contributed by atoms with E-state index in [1.165, 1.54) is 83.8 Å². The number of carbonyl (C=O) groups excluding carboxylic acids is 17. The maximum Gasteiger partial charge on any atom is 0.246 e. The molecule has 4 aliphatic heterocycles. The Balaban J connectivity index is 1.00. The predicted octanol–water partition coefficient (Wildman–Crippen LogP) is -2.19. The Bertz CT molecular complexity index is 5210. The molecule has 10 rings (SSSR count). The normalized spacial score (nSPS) is 24.8. The number of guanidine groups is 1. The van der Waals surface area contributed by atoms with E-state index < -0.39 is 222 Å². The van der Waals surface area contributed by atoms with Crippen LogP contribution in [0.5, 0.6) is 5.75 Å². The van der Waals surface area contributed by atoms with Crippen molar-refractivity contribution in [3.05, 3.63) is 119 Å². The molecule has 0 saturated carbocycles. The lowest BCUT2D eigenvalue weighted by Gasteiger charge is -2.35. The van der Waals surface area contributed by atoms with E-state index in [9.17, 15) is 53.4 Å². The van der Waals surface area contributed by atoms with Gasteiger partial charge in [-0.1, -0.05) is 82.1 Å². The molecule has 4 saturated heterocycles. The number of nitrogens with zero attached hydrogens (tertiary/aromatic N) is 6. The van der Waals surface area contributed by atoms with Crippen molar-refractivity contribution in [3.63, 3.8) is 0 Å². The summed E-state index contributed by atoms with van der Waals surface area (Å²) < 4.78 is 0.830. The van der Waals surface area contributed by atoms with Gasteiger partial charge in [-0.05, 0) is 129 Å². The van der Waals surface area contributed by atoms with Gasteiger partial charge in [0.05, 0.1) is 31.7 Å². The second-order valence-electron chi connectivity index (χ2n) is 34.3. The molecule has 718 valence electrons. The summed E-state index contributed by atoms with van der Waals surface area (Å²) in [6, 6.07) is -0.859. The number of rotatable bonds is 23. The molecule has 3 aromatic carbocycles. The summed E-state index contributed by atoms with van der Waals surface area (Å²) in [5, 5.41) is 61.8. The largest absolute Gasteiger partial charge is 0.508 e. The van der Waals surface area contributed by atoms with E-state index in [2.05, 4.69) is 73.4 Å². The third-order valence-corrected chi connectivity index (χ3v) is 26.1. The van der Waals surface area contributed by atoms with Crippen molar-refractivity contribution in [3.8, 4) is 5.75 Å². The number of benzene rings is 3. The van der Waals surface area contributed by atoms with E-state index >= 15 is 38.4 Å². The second kappa shape index (κ2) is 48.2. The van der Waals surface area contributed by atoms with Crippen molar-refractivity contribution in [1.29, 1.82) is 5.41 Å². The number of aliphatic hydroxyl groups is 1. The minimum atomic E-state index is -1.83. The molecule has 0 radical (unpaired) electrons. The zero-order valence-electron chi connectivity index (χ0n) is 75.1. The first-order chi connectivity index (χ1) is 63.5. The number of nitrogens with one attached hydrogen (secondary N) is 14. The van der Waals surface area contributed by atoms with Crippen LogP contribution < -0.4 is 75.7 Å². The van der Waals surface area contributed by atoms with Gasteiger partial charge in [-0.15, -0.1) is 23.1 Å². The highest BCUT2D eigenvalue weighted by atomic mass is 32.2. The average Bonchev–Trinajstić information content (AvgIpc) is 1.71. The number of hydrogen-bond donors (Lipinski definition) is 19. The highest BCUT2D eigenvalue weighted by Crippen LogP contribution is 2.31. The summed E-state index contributed by atoms with van der Waals surface area (Å²) in [7, 11) is 2.60. The standard InChI is InChI=1S/C89H121N23O19S2/c1-7-8-21-70-88(131)112-33-16-24-69(112)81(124)100-58(20-13-30-95-89(92)93)77(120)107-66(76(119)97-42-73(91)116)45-132-46-74(117)99-62(35-50-26-28-54(114)29-27-50)84(127)108(5)49(4)75(118)103-64(39-72(90)115)87(130)111-32-15-23-68(111)83(126)102-60(38-53-41-94-47-98-53)79(122)104-61(34-48(2)3)86(129)110-31-14-22-67(110)82(125)101-59(36-51-40-96-57-19-11-9-17-55(51)57)78(121)106-65(43-113)80(123)105-63(85(128)109(70)6)37-52-44-133-71-25-12-10-18-56(52)71/h9-12,17-19,25-29,40-41,44,47-49,58-70,96,113-114H,7-8,13-16,20-24,30-39,42-43,45-46H2,1-6H3,(H2,90,115)(H2,91,116)(H,94,98)(H,97,119)(H,99,117)(H,100,124)(H,101,125)(H,102,126)(H,103,118)(H,104,122)(H,105,123)(H,106,121)(H,107,120)(H4,92,93,95)/t49-,58-,59-,60-,61-,62-,63-,64-,65-,66-,67-,68-,69+,70-/m0/s1. The van der Waals surface area contributed by atoms with Crippen LogP contribution in [0, 0.1) is 11.3 Å². The van der Waals surface area contributed by atoms with Gasteiger partial charge in [0.2, 0.25) is 100 Å². The monoisotopic (exact) mass is 1880 g/mol. The summed E-state index contributed by atoms with van der Waals surface area (Å²) in [6.45, 7) is 4.86. The van der Waals surface area contributed by atoms with Crippen molar-refractivity contribution >= 4 is 150 Å². The highest BCUT2D eigenvalue weighted by molar-refractivity contribution is 8.00. The van der Waals surface area contributed by atoms with Crippen LogP contribution in [0.15, 0.2) is 96.9 Å². The quantitative estimate of drug-likeness (QED) is 0.0184. The van der Waals surface area contributed by atoms with Crippen LogP contribution in [0.2, 0.25) is 0 Å². The number of para-hydroxylation sites is 1. The van der Waals surface area contributed by atoms with Gasteiger partial charge in [0, 0.05) is 105 Å². The molecule has 0 unspecified atom stereocenters. The van der Waals surface area contributed by atoms with Crippen LogP contribution in [-0.4, -0.2) is 306 Å². The minimum Gasteiger partial charge on any atom is -0.508 e. The zero-order valence-corrected chi connectivity index (χ0v) is 76.8. The van der Waals surface area contributed by atoms with Crippen LogP contribution in [0.25, 0.3) is 21.0 Å². The zero-order chi connectivity index (χ0) is 96.4. The number of unbranched alkanes of at least 4 members (excludes halogenated alkanes) is 1. The number of aliphatic hydroxyl groups excluding tert-OH is 1. The van der Waals surface area contributed by atoms with E-state index in [0.717, 1.165) is 31.6 Å². The number of likely N-dealkylation sites (N-methyl/N-ethyl adjacent to an activating group) is 2. The Kier molecular flexibility index (Phi) is 36.9. The number of imidazole rings is 1. The Morgan fingerprint density at radius 1 is 0.556 bits per heavy atom. The Labute approximate surface area is 776 Å². The van der Waals surface area contributed by atoms with Crippen molar-refractivity contribution in [2.75, 3.05) is 64.9 Å². The van der Waals surface area contributed by atoms with E-state index in [1.807, 2.05) is 30.5 Å². The molecule has 42 nitrogen and oxygen atoms in total. The number of carbonyl (C=O) groups is 17. The molecule has 0 spiro atoms. The average molecular weight is 1880 g/mol. The number of thiophene rings is 1. The fraction of sp³-hybridized carbons (Fsp3) is 0.517. The van der Waals surface area contributed by atoms with Crippen molar-refractivity contribution < 1.29 is 91.7 Å². The molecular formula is C89H121N23O19S2. The number of nitrogens with two attached hydrogens (primary N) is 3. The van der Waals surface area contributed by atoms with Crippen LogP contribution in [0.1, 0.15) is 134 Å². The SMILES string of the molecule is CCCC[C@H]1C(=O)N2CCC[C@@H]2C(=O)N[C@@H](CCCNC(=N)N)C(=O)N[C@H](C(=O)NCC(N)=O)CSCC(=O)N[C@@H](Cc2ccc(O)cc2)C(=O)N(C)[C@@H](C)C(=O)N[C@@H](CC(N)=O)C(=O)N2CCC[C@H]2C(=O)N[C@@H](Cc2cnc[nH]2)C(=O)N[C@@H](CC(C)C)C(=O)N2CCC[C@H]2C(=O)N[C@@H](Cc2c[nH]c3ccccc23)C(=O)N[C@@H](CO)C(=O)N[C@@H](Cc2csc3ccccc23)C(=O)N1C. The molecule has 4 fully saturated rings. The van der Waals surface area contributed by atoms with Crippen molar-refractivity contribution in [2.45, 2.75) is 221 Å². The number of amides is 17. The van der Waals surface area contributed by atoms with Crippen molar-refractivity contribution in [1.82, 2.24) is 97.9 Å². The van der Waals surface area contributed by atoms with Crippen LogP contribution in [0.4, 0.5) is 0 Å². The van der Waals surface area contributed by atoms with Gasteiger partial charge in [-0.2, -0.15) is 0 Å². The number of aromatic nitrogens is 3. The second-order valence-corrected chi connectivity index (χ2v) is 36.2. The molecule has 0 aliphatic carbocycles. The predicted molar refractivity (Wildman–Crippen MR) is 491 cm³/mol. The Morgan fingerprint density at radius 2 is 1.10 bits per heavy atom. The number of primary amides is 2. The third kappa shape index (κ3) is 27.7. The molecule has 17 amide bonds. The molecule has 6 aromatic rings. The summed E-state index contributed by atoms with van der Waals surface area (Å²) >= 11 is 2.14. The fourth-order valence-corrected chi connectivity index (χ4v) is 18.7. The Morgan fingerprint density at radius 3 is 1.70 bits per heavy atom. The van der Waals surface area contributed by atoms with Crippen LogP contribution in [0.3, 0.4) is 0 Å². The number of aromatic hydroxyl groups is 1. The van der Waals surface area contributed by atoms with Gasteiger partial charge in [0.1, 0.15) is 90.3 Å². The molecule has 44 heteroatoms. The number of thioether (sulfide) groups is 1. The lowest BCUT2D eigenvalue weighted by molar-refractivity contribution is -0.149. The first-order valence-corrected chi connectivity index (χ1v) is 46.6. The van der Waals surface area contributed by atoms with Gasteiger partial charge in [0.25, 0.3) is 0 Å². The van der Waals surface area contributed by atoms with E-state index in [1.54, 1.807) is 50.4 Å². The number of phenols is 1. The van der Waals surface area contributed by atoms with E-state index in [0.29, 0.717) is 46.1 Å². The van der Waals surface area contributed by atoms with Crippen LogP contribution >= 0.6 is 23.1 Å². The van der Waals surface area contributed by atoms with Gasteiger partial charge in [-0.3, -0.25) is 86.9 Å². The topological polar surface area (TPSA) is 626 Å². The smallest absolute Gasteiger partial charge is 0.246 e. The molecule has 3 aromatic heterocycles. The first-order valence-electron chi connectivity index (χ1n) is 44.6. The number of hydrogen-bond acceptors (Lipinski definition) is 23. The lowest BCUT2D eigenvalue weighted by atomic mass is 10.0. The summed E-state index contributed by atoms with van der Waals surface area (Å²) in [4.78, 5) is 266. The van der Waals surface area contributed by atoms with E-state index in [-0.39, 0.29) is 128 Å². The number of phenolic OH excluding ortho intramolecular Hbond substituents is 1. The highest BCUT2D eigenvalue weighted by Gasteiger charge is 2.47. The summed E-state index contributed by atoms with van der Waals surface area (Å²) in [5.74, 6) is -17.1. The molecule has 14 atom stereocenters. The number of fused-ring (bicyclic) bond motifs is 5.